The lowest BCUT2D eigenvalue weighted by atomic mass is 9.78. The van der Waals surface area contributed by atoms with Crippen molar-refractivity contribution < 1.29 is 0 Å². The van der Waals surface area contributed by atoms with E-state index >= 15 is 0 Å². The molecule has 2 aromatic rings. The summed E-state index contributed by atoms with van der Waals surface area (Å²) in [5, 5.41) is 0. The van der Waals surface area contributed by atoms with Crippen LogP contribution in [0.5, 0.6) is 0 Å². The second kappa shape index (κ2) is 3.09. The molecule has 2 heterocycles. The Balaban J connectivity index is 2.32. The molecule has 0 spiro atoms. The maximum absolute atomic E-state index is 4.83. The van der Waals surface area contributed by atoms with E-state index in [2.05, 4.69) is 43.5 Å². The van der Waals surface area contributed by atoms with Crippen molar-refractivity contribution >= 4 is 5.65 Å². The van der Waals surface area contributed by atoms with Crippen LogP contribution in [0.3, 0.4) is 0 Å². The predicted octanol–water partition coefficient (Wildman–Crippen LogP) is 3.26. The van der Waals surface area contributed by atoms with Crippen molar-refractivity contribution in [1.29, 1.82) is 0 Å². The van der Waals surface area contributed by atoms with E-state index in [9.17, 15) is 0 Å². The zero-order chi connectivity index (χ0) is 11.3. The van der Waals surface area contributed by atoms with Gasteiger partial charge in [-0.25, -0.2) is 4.98 Å². The minimum absolute atomic E-state index is 0.244. The van der Waals surface area contributed by atoms with Gasteiger partial charge in [0, 0.05) is 17.3 Å². The van der Waals surface area contributed by atoms with Gasteiger partial charge in [0.05, 0.1) is 5.69 Å². The quantitative estimate of drug-likeness (QED) is 0.658. The monoisotopic (exact) mass is 214 g/mol. The highest BCUT2D eigenvalue weighted by Crippen LogP contribution is 2.36. The molecule has 0 atom stereocenters. The first-order valence-corrected chi connectivity index (χ1v) is 6.06. The van der Waals surface area contributed by atoms with Crippen LogP contribution in [0.4, 0.5) is 0 Å². The molecule has 2 heteroatoms. The second-order valence-electron chi connectivity index (χ2n) is 5.58. The fraction of sp³-hybridized carbons (Fsp3) is 0.500. The van der Waals surface area contributed by atoms with Crippen LogP contribution in [0, 0.1) is 6.92 Å². The van der Waals surface area contributed by atoms with Crippen molar-refractivity contribution in [2.24, 2.45) is 0 Å². The van der Waals surface area contributed by atoms with E-state index in [-0.39, 0.29) is 5.41 Å². The number of aryl methyl sites for hydroxylation is 2. The van der Waals surface area contributed by atoms with E-state index in [1.165, 1.54) is 36.2 Å². The molecule has 1 aliphatic rings. The van der Waals surface area contributed by atoms with E-state index in [0.29, 0.717) is 0 Å². The van der Waals surface area contributed by atoms with Gasteiger partial charge in [-0.3, -0.25) is 0 Å². The summed E-state index contributed by atoms with van der Waals surface area (Å²) in [7, 11) is 0. The maximum Gasteiger partial charge on any atom is 0.137 e. The Morgan fingerprint density at radius 2 is 2.19 bits per heavy atom. The Morgan fingerprint density at radius 1 is 1.38 bits per heavy atom. The summed E-state index contributed by atoms with van der Waals surface area (Å²) in [5.74, 6) is 0. The Labute approximate surface area is 96.3 Å². The van der Waals surface area contributed by atoms with Crippen LogP contribution in [-0.2, 0) is 11.8 Å². The first-order valence-electron chi connectivity index (χ1n) is 6.06. The van der Waals surface area contributed by atoms with Crippen LogP contribution in [-0.4, -0.2) is 9.38 Å². The average molecular weight is 214 g/mol. The van der Waals surface area contributed by atoms with Gasteiger partial charge in [0.15, 0.2) is 0 Å². The minimum atomic E-state index is 0.244. The molecular formula is C14H18N2. The predicted molar refractivity (Wildman–Crippen MR) is 65.9 cm³/mol. The molecule has 84 valence electrons. The van der Waals surface area contributed by atoms with Crippen molar-refractivity contribution in [3.05, 3.63) is 35.3 Å². The molecule has 0 aliphatic heterocycles. The van der Waals surface area contributed by atoms with E-state index in [4.69, 9.17) is 4.98 Å². The molecule has 0 aromatic carbocycles. The molecule has 0 unspecified atom stereocenters. The molecule has 0 bridgehead atoms. The summed E-state index contributed by atoms with van der Waals surface area (Å²) in [4.78, 5) is 4.83. The van der Waals surface area contributed by atoms with Gasteiger partial charge in [0.25, 0.3) is 0 Å². The van der Waals surface area contributed by atoms with Gasteiger partial charge >= 0.3 is 0 Å². The number of pyridine rings is 1. The molecule has 1 aliphatic carbocycles. The van der Waals surface area contributed by atoms with Crippen LogP contribution < -0.4 is 0 Å². The van der Waals surface area contributed by atoms with Gasteiger partial charge in [-0.05, 0) is 43.9 Å². The van der Waals surface area contributed by atoms with Crippen molar-refractivity contribution in [3.63, 3.8) is 0 Å². The second-order valence-corrected chi connectivity index (χ2v) is 5.58. The van der Waals surface area contributed by atoms with Crippen molar-refractivity contribution in [2.45, 2.75) is 45.4 Å². The van der Waals surface area contributed by atoms with Gasteiger partial charge < -0.3 is 4.40 Å². The van der Waals surface area contributed by atoms with Crippen molar-refractivity contribution in [3.8, 4) is 0 Å². The first kappa shape index (κ1) is 9.88. The summed E-state index contributed by atoms with van der Waals surface area (Å²) >= 11 is 0. The zero-order valence-electron chi connectivity index (χ0n) is 10.2. The van der Waals surface area contributed by atoms with E-state index in [1.807, 2.05) is 0 Å². The van der Waals surface area contributed by atoms with Crippen LogP contribution in [0.1, 0.15) is 43.6 Å². The van der Waals surface area contributed by atoms with Crippen molar-refractivity contribution in [2.75, 3.05) is 0 Å². The molecule has 0 N–H and O–H groups in total. The van der Waals surface area contributed by atoms with E-state index in [1.54, 1.807) is 0 Å². The number of rotatable bonds is 0. The molecule has 3 rings (SSSR count). The SMILES string of the molecule is Cc1ccn2c3c(nc2c1)C(C)(C)CCC3. The Morgan fingerprint density at radius 3 is 3.00 bits per heavy atom. The molecule has 16 heavy (non-hydrogen) atoms. The van der Waals surface area contributed by atoms with Gasteiger partial charge in [-0.2, -0.15) is 0 Å². The fourth-order valence-corrected chi connectivity index (χ4v) is 2.79. The molecule has 0 saturated heterocycles. The molecule has 2 nitrogen and oxygen atoms in total. The van der Waals surface area contributed by atoms with Gasteiger partial charge in [0.2, 0.25) is 0 Å². The van der Waals surface area contributed by atoms with Gasteiger partial charge in [-0.1, -0.05) is 13.8 Å². The summed E-state index contributed by atoms with van der Waals surface area (Å²) in [6.07, 6.45) is 5.87. The summed E-state index contributed by atoms with van der Waals surface area (Å²) in [6, 6.07) is 4.34. The zero-order valence-corrected chi connectivity index (χ0v) is 10.2. The first-order chi connectivity index (χ1) is 7.58. The number of fused-ring (bicyclic) bond motifs is 3. The Kier molecular flexibility index (Phi) is 1.91. The molecular weight excluding hydrogens is 196 g/mol. The minimum Gasteiger partial charge on any atom is -0.304 e. The fourth-order valence-electron chi connectivity index (χ4n) is 2.79. The number of imidazole rings is 1. The standard InChI is InChI=1S/C14H18N2/c1-10-6-8-16-11-5-4-7-14(2,3)13(11)15-12(16)9-10/h6,8-9H,4-5,7H2,1-3H3. The highest BCUT2D eigenvalue weighted by Gasteiger charge is 2.31. The van der Waals surface area contributed by atoms with Crippen LogP contribution in [0.2, 0.25) is 0 Å². The Bertz CT molecular complexity index is 549. The smallest absolute Gasteiger partial charge is 0.137 e. The van der Waals surface area contributed by atoms with Crippen LogP contribution in [0.15, 0.2) is 18.3 Å². The number of hydrogen-bond donors (Lipinski definition) is 0. The number of aromatic nitrogens is 2. The summed E-state index contributed by atoms with van der Waals surface area (Å²) < 4.78 is 2.27. The third-order valence-electron chi connectivity index (χ3n) is 3.74. The highest BCUT2D eigenvalue weighted by molar-refractivity contribution is 5.47. The highest BCUT2D eigenvalue weighted by atomic mass is 15.0. The topological polar surface area (TPSA) is 17.3 Å². The Hall–Kier alpha value is -1.31. The molecule has 0 amide bonds. The van der Waals surface area contributed by atoms with Crippen LogP contribution >= 0.6 is 0 Å². The molecule has 0 fully saturated rings. The molecule has 2 aromatic heterocycles. The maximum atomic E-state index is 4.83. The summed E-state index contributed by atoms with van der Waals surface area (Å²) in [5.41, 5.74) is 5.37. The molecule has 0 saturated carbocycles. The molecule has 0 radical (unpaired) electrons. The van der Waals surface area contributed by atoms with E-state index in [0.717, 1.165) is 5.65 Å². The van der Waals surface area contributed by atoms with Gasteiger partial charge in [0.1, 0.15) is 5.65 Å². The average Bonchev–Trinajstić information content (AvgIpc) is 2.57. The van der Waals surface area contributed by atoms with E-state index < -0.39 is 0 Å². The van der Waals surface area contributed by atoms with Crippen LogP contribution in [0.25, 0.3) is 5.65 Å². The summed E-state index contributed by atoms with van der Waals surface area (Å²) in [6.45, 7) is 6.74. The largest absolute Gasteiger partial charge is 0.304 e. The third kappa shape index (κ3) is 1.29. The normalized spacial score (nSPS) is 18.7. The van der Waals surface area contributed by atoms with Crippen molar-refractivity contribution in [1.82, 2.24) is 9.38 Å². The number of nitrogens with zero attached hydrogens (tertiary/aromatic N) is 2. The lowest BCUT2D eigenvalue weighted by Crippen LogP contribution is -2.24. The third-order valence-corrected chi connectivity index (χ3v) is 3.74. The number of hydrogen-bond acceptors (Lipinski definition) is 1. The lowest BCUT2D eigenvalue weighted by Gasteiger charge is -2.28. The lowest BCUT2D eigenvalue weighted by molar-refractivity contribution is 0.418. The van der Waals surface area contributed by atoms with Gasteiger partial charge in [-0.15, -0.1) is 0 Å².